The topological polar surface area (TPSA) is 93.2 Å². The molecule has 146 valence electrons. The second kappa shape index (κ2) is 8.39. The average molecular weight is 374 g/mol. The third kappa shape index (κ3) is 4.77. The Balaban J connectivity index is 1.44. The molecule has 1 saturated carbocycles. The van der Waals surface area contributed by atoms with Crippen LogP contribution in [0, 0.1) is 0 Å². The van der Waals surface area contributed by atoms with E-state index in [-0.39, 0.29) is 43.8 Å². The minimum absolute atomic E-state index is 0.0247. The van der Waals surface area contributed by atoms with Crippen LogP contribution in [-0.2, 0) is 16.1 Å². The molecule has 1 saturated heterocycles. The number of carboxylic acid groups (broad SMARTS) is 1. The molecule has 0 aromatic heterocycles. The van der Waals surface area contributed by atoms with Crippen LogP contribution in [0.15, 0.2) is 30.3 Å². The lowest BCUT2D eigenvalue weighted by Gasteiger charge is -2.42. The zero-order valence-corrected chi connectivity index (χ0v) is 15.5. The molecule has 1 aromatic rings. The number of urea groups is 1. The van der Waals surface area contributed by atoms with Crippen LogP contribution in [-0.4, -0.2) is 76.1 Å². The maximum atomic E-state index is 12.4. The lowest BCUT2D eigenvalue weighted by molar-refractivity contribution is -0.139. The van der Waals surface area contributed by atoms with E-state index in [4.69, 9.17) is 5.11 Å². The Bertz CT molecular complexity index is 690. The highest BCUT2D eigenvalue weighted by molar-refractivity contribution is 5.87. The Labute approximate surface area is 158 Å². The molecule has 8 heteroatoms. The summed E-state index contributed by atoms with van der Waals surface area (Å²) in [6.07, 6.45) is 1.48. The Morgan fingerprint density at radius 3 is 2.59 bits per heavy atom. The van der Waals surface area contributed by atoms with Crippen molar-refractivity contribution in [3.8, 4) is 0 Å². The van der Waals surface area contributed by atoms with Gasteiger partial charge in [0.15, 0.2) is 0 Å². The number of benzene rings is 1. The van der Waals surface area contributed by atoms with Crippen LogP contribution in [0.4, 0.5) is 4.79 Å². The van der Waals surface area contributed by atoms with Crippen molar-refractivity contribution >= 4 is 17.9 Å². The van der Waals surface area contributed by atoms with Gasteiger partial charge in [0.25, 0.3) is 0 Å². The summed E-state index contributed by atoms with van der Waals surface area (Å²) >= 11 is 0. The fourth-order valence-electron chi connectivity index (χ4n) is 3.62. The highest BCUT2D eigenvalue weighted by Gasteiger charge is 2.37. The van der Waals surface area contributed by atoms with Crippen molar-refractivity contribution in [3.05, 3.63) is 35.9 Å². The number of nitrogens with zero attached hydrogens (tertiary/aromatic N) is 3. The third-order valence-corrected chi connectivity index (χ3v) is 5.23. The monoisotopic (exact) mass is 374 g/mol. The molecule has 0 spiro atoms. The number of hydrogen-bond donors (Lipinski definition) is 2. The van der Waals surface area contributed by atoms with Gasteiger partial charge < -0.3 is 15.3 Å². The number of rotatable bonds is 7. The molecule has 1 aliphatic heterocycles. The van der Waals surface area contributed by atoms with Crippen LogP contribution in [0.25, 0.3) is 0 Å². The van der Waals surface area contributed by atoms with E-state index in [1.165, 1.54) is 4.90 Å². The van der Waals surface area contributed by atoms with Crippen LogP contribution < -0.4 is 5.32 Å². The van der Waals surface area contributed by atoms with Crippen molar-refractivity contribution in [1.82, 2.24) is 20.0 Å². The largest absolute Gasteiger partial charge is 0.480 e. The van der Waals surface area contributed by atoms with Crippen molar-refractivity contribution in [2.45, 2.75) is 38.4 Å². The number of aliphatic carboxylic acids is 1. The molecule has 2 N–H and O–H groups in total. The van der Waals surface area contributed by atoms with E-state index in [0.29, 0.717) is 13.1 Å². The molecule has 0 radical (unpaired) electrons. The van der Waals surface area contributed by atoms with E-state index in [1.807, 2.05) is 42.2 Å². The van der Waals surface area contributed by atoms with Crippen LogP contribution in [0.5, 0.6) is 0 Å². The van der Waals surface area contributed by atoms with Crippen molar-refractivity contribution in [2.24, 2.45) is 0 Å². The fraction of sp³-hybridized carbons (Fsp3) is 0.526. The molecule has 2 aliphatic rings. The predicted octanol–water partition coefficient (Wildman–Crippen LogP) is 0.935. The van der Waals surface area contributed by atoms with Gasteiger partial charge in [0.1, 0.15) is 6.54 Å². The summed E-state index contributed by atoms with van der Waals surface area (Å²) in [5, 5.41) is 11.9. The molecular weight excluding hydrogens is 348 g/mol. The van der Waals surface area contributed by atoms with Gasteiger partial charge in [-0.1, -0.05) is 37.3 Å². The lowest BCUT2D eigenvalue weighted by atomic mass is 9.85. The van der Waals surface area contributed by atoms with Gasteiger partial charge in [0.2, 0.25) is 5.91 Å². The van der Waals surface area contributed by atoms with E-state index in [9.17, 15) is 14.4 Å². The van der Waals surface area contributed by atoms with E-state index in [2.05, 4.69) is 5.32 Å². The molecule has 0 unspecified atom stereocenters. The molecule has 8 nitrogen and oxygen atoms in total. The molecule has 3 rings (SSSR count). The summed E-state index contributed by atoms with van der Waals surface area (Å²) in [6.45, 7) is 3.51. The van der Waals surface area contributed by atoms with E-state index in [0.717, 1.165) is 18.4 Å². The van der Waals surface area contributed by atoms with Gasteiger partial charge in [0, 0.05) is 18.6 Å². The number of carbonyl (C=O) groups excluding carboxylic acids is 2. The second-order valence-corrected chi connectivity index (χ2v) is 7.15. The molecule has 0 atom stereocenters. The molecular formula is C19H26N4O4. The number of carbonyl (C=O) groups is 3. The Hall–Kier alpha value is -2.61. The Morgan fingerprint density at radius 2 is 1.96 bits per heavy atom. The number of hydrogen-bond acceptors (Lipinski definition) is 4. The van der Waals surface area contributed by atoms with E-state index < -0.39 is 5.97 Å². The summed E-state index contributed by atoms with van der Waals surface area (Å²) in [7, 11) is 0. The van der Waals surface area contributed by atoms with Gasteiger partial charge in [0.05, 0.1) is 13.2 Å². The van der Waals surface area contributed by atoms with Gasteiger partial charge >= 0.3 is 12.0 Å². The molecule has 2 fully saturated rings. The number of carboxylic acids is 1. The first kappa shape index (κ1) is 19.2. The smallest absolute Gasteiger partial charge is 0.319 e. The van der Waals surface area contributed by atoms with Crippen LogP contribution in [0.2, 0.25) is 0 Å². The normalized spacial score (nSPS) is 22.1. The summed E-state index contributed by atoms with van der Waals surface area (Å²) in [4.78, 5) is 40.6. The first-order chi connectivity index (χ1) is 13.0. The minimum Gasteiger partial charge on any atom is -0.480 e. The summed E-state index contributed by atoms with van der Waals surface area (Å²) in [6, 6.07) is 9.69. The molecule has 1 heterocycles. The number of likely N-dealkylation sites (N-methyl/N-ethyl adjacent to an activating group) is 1. The maximum absolute atomic E-state index is 12.4. The lowest BCUT2D eigenvalue weighted by Crippen LogP contribution is -2.56. The second-order valence-electron chi connectivity index (χ2n) is 7.15. The quantitative estimate of drug-likeness (QED) is 0.741. The number of amides is 3. The number of nitrogens with one attached hydrogen (secondary N) is 1. The first-order valence-corrected chi connectivity index (χ1v) is 9.29. The van der Waals surface area contributed by atoms with Gasteiger partial charge in [-0.2, -0.15) is 0 Å². The summed E-state index contributed by atoms with van der Waals surface area (Å²) < 4.78 is 0. The van der Waals surface area contributed by atoms with Crippen LogP contribution >= 0.6 is 0 Å². The maximum Gasteiger partial charge on any atom is 0.319 e. The fourth-order valence-corrected chi connectivity index (χ4v) is 3.62. The minimum atomic E-state index is -0.835. The van der Waals surface area contributed by atoms with Gasteiger partial charge in [-0.15, -0.1) is 0 Å². The SMILES string of the molecule is CCN(CC(=O)O)C1CC(NC(=O)N2CC(=O)N(Cc3ccccc3)C2)C1. The van der Waals surface area contributed by atoms with Gasteiger partial charge in [-0.3, -0.25) is 19.4 Å². The zero-order valence-electron chi connectivity index (χ0n) is 15.5. The summed E-state index contributed by atoms with van der Waals surface area (Å²) in [5.74, 6) is -0.891. The van der Waals surface area contributed by atoms with Crippen molar-refractivity contribution in [1.29, 1.82) is 0 Å². The summed E-state index contributed by atoms with van der Waals surface area (Å²) in [5.41, 5.74) is 1.04. The highest BCUT2D eigenvalue weighted by Crippen LogP contribution is 2.26. The average Bonchev–Trinajstić information content (AvgIpc) is 2.97. The van der Waals surface area contributed by atoms with E-state index >= 15 is 0 Å². The molecule has 27 heavy (non-hydrogen) atoms. The van der Waals surface area contributed by atoms with Gasteiger partial charge in [-0.25, -0.2) is 4.79 Å². The van der Waals surface area contributed by atoms with Crippen molar-refractivity contribution < 1.29 is 19.5 Å². The third-order valence-electron chi connectivity index (χ3n) is 5.23. The zero-order chi connectivity index (χ0) is 19.4. The Morgan fingerprint density at radius 1 is 1.26 bits per heavy atom. The molecule has 1 aliphatic carbocycles. The van der Waals surface area contributed by atoms with E-state index in [1.54, 1.807) is 4.90 Å². The van der Waals surface area contributed by atoms with Crippen molar-refractivity contribution in [3.63, 3.8) is 0 Å². The molecule has 0 bridgehead atoms. The Kier molecular flexibility index (Phi) is 5.95. The van der Waals surface area contributed by atoms with Gasteiger partial charge in [-0.05, 0) is 24.9 Å². The predicted molar refractivity (Wildman–Crippen MR) is 98.8 cm³/mol. The van der Waals surface area contributed by atoms with Crippen LogP contribution in [0.3, 0.4) is 0 Å². The first-order valence-electron chi connectivity index (χ1n) is 9.29. The standard InChI is InChI=1S/C19H26N4O4/c1-2-21(12-18(25)26)16-8-15(9-16)20-19(27)23-11-17(24)22(13-23)10-14-6-4-3-5-7-14/h3-7,15-16H,2,8-13H2,1H3,(H,20,27)(H,25,26). The van der Waals surface area contributed by atoms with Crippen molar-refractivity contribution in [2.75, 3.05) is 26.3 Å². The molecule has 3 amide bonds. The van der Waals surface area contributed by atoms with Crippen LogP contribution in [0.1, 0.15) is 25.3 Å². The molecule has 1 aromatic carbocycles. The highest BCUT2D eigenvalue weighted by atomic mass is 16.4.